The van der Waals surface area contributed by atoms with Crippen molar-refractivity contribution in [2.24, 2.45) is 0 Å². The first-order valence-electron chi connectivity index (χ1n) is 9.75. The lowest BCUT2D eigenvalue weighted by Crippen LogP contribution is -2.22. The number of esters is 1. The Labute approximate surface area is 179 Å². The Balaban J connectivity index is 1.65. The van der Waals surface area contributed by atoms with E-state index in [2.05, 4.69) is 5.32 Å². The number of hydrogen-bond acceptors (Lipinski definition) is 5. The molecule has 7 heteroatoms. The van der Waals surface area contributed by atoms with Crippen molar-refractivity contribution in [2.75, 3.05) is 11.9 Å². The fraction of sp³-hybridized carbons (Fsp3) is 0.167. The molecule has 0 fully saturated rings. The first-order chi connectivity index (χ1) is 15.0. The van der Waals surface area contributed by atoms with Gasteiger partial charge in [0.25, 0.3) is 11.6 Å². The Hall–Kier alpha value is -4.00. The molecular formula is C24H22N2O5. The molecule has 3 aromatic rings. The summed E-state index contributed by atoms with van der Waals surface area (Å²) in [5.41, 5.74) is 2.35. The normalized spacial score (nSPS) is 10.5. The van der Waals surface area contributed by atoms with E-state index in [0.717, 1.165) is 11.1 Å². The molecule has 0 saturated heterocycles. The van der Waals surface area contributed by atoms with E-state index in [1.165, 1.54) is 12.1 Å². The zero-order chi connectivity index (χ0) is 22.2. The minimum absolute atomic E-state index is 0.0613. The van der Waals surface area contributed by atoms with Crippen LogP contribution in [0.2, 0.25) is 0 Å². The van der Waals surface area contributed by atoms with Crippen molar-refractivity contribution >= 4 is 23.3 Å². The van der Waals surface area contributed by atoms with Crippen LogP contribution in [-0.4, -0.2) is 23.4 Å². The average molecular weight is 418 g/mol. The fourth-order valence-corrected chi connectivity index (χ4v) is 3.31. The topological polar surface area (TPSA) is 98.5 Å². The van der Waals surface area contributed by atoms with Gasteiger partial charge in [0.1, 0.15) is 5.69 Å². The van der Waals surface area contributed by atoms with Crippen LogP contribution in [0, 0.1) is 17.0 Å². The minimum atomic E-state index is -0.637. The Bertz CT molecular complexity index is 1030. The standard InChI is InChI=1S/C24H22N2O5/c1-17-9-8-14-21(26(29)30)24(17)25-22(27)16-31-23(28)15-20(18-10-4-2-5-11-18)19-12-6-3-7-13-19/h2-14,20H,15-16H2,1H3,(H,25,27). The quantitative estimate of drug-likeness (QED) is 0.327. The zero-order valence-corrected chi connectivity index (χ0v) is 17.0. The monoisotopic (exact) mass is 418 g/mol. The number of nitrogens with zero attached hydrogens (tertiary/aromatic N) is 1. The van der Waals surface area contributed by atoms with Crippen LogP contribution in [0.3, 0.4) is 0 Å². The maximum absolute atomic E-state index is 12.5. The predicted octanol–water partition coefficient (Wildman–Crippen LogP) is 4.61. The molecule has 0 heterocycles. The van der Waals surface area contributed by atoms with Gasteiger partial charge in [0, 0.05) is 12.0 Å². The number of hydrogen-bond donors (Lipinski definition) is 1. The SMILES string of the molecule is Cc1cccc([N+](=O)[O-])c1NC(=O)COC(=O)CC(c1ccccc1)c1ccccc1. The lowest BCUT2D eigenvalue weighted by molar-refractivity contribution is -0.384. The van der Waals surface area contributed by atoms with Gasteiger partial charge in [-0.15, -0.1) is 0 Å². The Kier molecular flexibility index (Phi) is 7.11. The number of carbonyl (C=O) groups is 2. The molecule has 0 spiro atoms. The highest BCUT2D eigenvalue weighted by molar-refractivity contribution is 5.95. The highest BCUT2D eigenvalue weighted by Crippen LogP contribution is 2.29. The van der Waals surface area contributed by atoms with Crippen LogP contribution in [0.5, 0.6) is 0 Å². The molecule has 3 rings (SSSR count). The van der Waals surface area contributed by atoms with Crippen LogP contribution in [0.25, 0.3) is 0 Å². The predicted molar refractivity (Wildman–Crippen MR) is 117 cm³/mol. The number of rotatable bonds is 8. The van der Waals surface area contributed by atoms with Crippen LogP contribution in [0.4, 0.5) is 11.4 Å². The second kappa shape index (κ2) is 10.2. The minimum Gasteiger partial charge on any atom is -0.456 e. The molecule has 0 aliphatic carbocycles. The van der Waals surface area contributed by atoms with Crippen molar-refractivity contribution in [1.82, 2.24) is 0 Å². The smallest absolute Gasteiger partial charge is 0.307 e. The molecule has 0 atom stereocenters. The molecule has 0 unspecified atom stereocenters. The van der Waals surface area contributed by atoms with Gasteiger partial charge in [-0.2, -0.15) is 0 Å². The largest absolute Gasteiger partial charge is 0.456 e. The van der Waals surface area contributed by atoms with E-state index >= 15 is 0 Å². The second-order valence-corrected chi connectivity index (χ2v) is 7.01. The van der Waals surface area contributed by atoms with Crippen LogP contribution in [-0.2, 0) is 14.3 Å². The first-order valence-corrected chi connectivity index (χ1v) is 9.75. The van der Waals surface area contributed by atoms with Crippen LogP contribution >= 0.6 is 0 Å². The van der Waals surface area contributed by atoms with Crippen LogP contribution in [0.15, 0.2) is 78.9 Å². The zero-order valence-electron chi connectivity index (χ0n) is 17.0. The number of para-hydroxylation sites is 1. The molecule has 0 radical (unpaired) electrons. The number of anilines is 1. The van der Waals surface area contributed by atoms with E-state index in [9.17, 15) is 19.7 Å². The van der Waals surface area contributed by atoms with Gasteiger partial charge in [0.05, 0.1) is 11.3 Å². The molecule has 158 valence electrons. The van der Waals surface area contributed by atoms with Gasteiger partial charge in [0.2, 0.25) is 0 Å². The van der Waals surface area contributed by atoms with E-state index < -0.39 is 23.4 Å². The van der Waals surface area contributed by atoms with Gasteiger partial charge in [-0.05, 0) is 23.6 Å². The van der Waals surface area contributed by atoms with E-state index in [-0.39, 0.29) is 23.7 Å². The highest BCUT2D eigenvalue weighted by atomic mass is 16.6. The molecule has 31 heavy (non-hydrogen) atoms. The molecule has 0 bridgehead atoms. The molecule has 0 aromatic heterocycles. The maximum atomic E-state index is 12.5. The average Bonchev–Trinajstić information content (AvgIpc) is 2.78. The Morgan fingerprint density at radius 1 is 0.935 bits per heavy atom. The van der Waals surface area contributed by atoms with Gasteiger partial charge in [-0.3, -0.25) is 19.7 Å². The van der Waals surface area contributed by atoms with E-state index in [1.54, 1.807) is 13.0 Å². The number of nitro benzene ring substituents is 1. The van der Waals surface area contributed by atoms with Crippen molar-refractivity contribution in [1.29, 1.82) is 0 Å². The first kappa shape index (κ1) is 21.7. The van der Waals surface area contributed by atoms with Crippen molar-refractivity contribution < 1.29 is 19.2 Å². The van der Waals surface area contributed by atoms with Crippen LogP contribution < -0.4 is 5.32 Å². The van der Waals surface area contributed by atoms with E-state index in [4.69, 9.17) is 4.74 Å². The summed E-state index contributed by atoms with van der Waals surface area (Å²) in [6.07, 6.45) is 0.0613. The summed E-state index contributed by atoms with van der Waals surface area (Å²) >= 11 is 0. The van der Waals surface area contributed by atoms with Crippen molar-refractivity contribution in [3.05, 3.63) is 106 Å². The van der Waals surface area contributed by atoms with Gasteiger partial charge in [0.15, 0.2) is 6.61 Å². The lowest BCUT2D eigenvalue weighted by atomic mass is 9.89. The Morgan fingerprint density at radius 2 is 1.52 bits per heavy atom. The summed E-state index contributed by atoms with van der Waals surface area (Å²) in [4.78, 5) is 35.4. The highest BCUT2D eigenvalue weighted by Gasteiger charge is 2.21. The third-order valence-corrected chi connectivity index (χ3v) is 4.85. The molecule has 7 nitrogen and oxygen atoms in total. The van der Waals surface area contributed by atoms with Gasteiger partial charge in [-0.25, -0.2) is 0 Å². The third kappa shape index (κ3) is 5.76. The number of nitrogens with one attached hydrogen (secondary N) is 1. The summed E-state index contributed by atoms with van der Waals surface area (Å²) in [5, 5.41) is 13.7. The summed E-state index contributed by atoms with van der Waals surface area (Å²) in [5.74, 6) is -1.38. The van der Waals surface area contributed by atoms with E-state index in [0.29, 0.717) is 5.56 Å². The molecule has 0 aliphatic rings. The molecule has 1 amide bonds. The van der Waals surface area contributed by atoms with Crippen molar-refractivity contribution in [3.8, 4) is 0 Å². The summed E-state index contributed by atoms with van der Waals surface area (Å²) in [7, 11) is 0. The van der Waals surface area contributed by atoms with Gasteiger partial charge < -0.3 is 10.1 Å². The second-order valence-electron chi connectivity index (χ2n) is 7.01. The summed E-state index contributed by atoms with van der Waals surface area (Å²) in [6, 6.07) is 23.7. The van der Waals surface area contributed by atoms with Gasteiger partial charge >= 0.3 is 5.97 Å². The molecule has 1 N–H and O–H groups in total. The van der Waals surface area contributed by atoms with Crippen LogP contribution in [0.1, 0.15) is 29.0 Å². The summed E-state index contributed by atoms with van der Waals surface area (Å²) < 4.78 is 5.17. The van der Waals surface area contributed by atoms with E-state index in [1.807, 2.05) is 60.7 Å². The molecule has 0 aliphatic heterocycles. The fourth-order valence-electron chi connectivity index (χ4n) is 3.31. The number of nitro groups is 1. The summed E-state index contributed by atoms with van der Waals surface area (Å²) in [6.45, 7) is 1.12. The lowest BCUT2D eigenvalue weighted by Gasteiger charge is -2.17. The number of ether oxygens (including phenoxy) is 1. The molecular weight excluding hydrogens is 396 g/mol. The maximum Gasteiger partial charge on any atom is 0.307 e. The number of aryl methyl sites for hydroxylation is 1. The number of benzene rings is 3. The number of carbonyl (C=O) groups excluding carboxylic acids is 2. The van der Waals surface area contributed by atoms with Crippen molar-refractivity contribution in [2.45, 2.75) is 19.3 Å². The van der Waals surface area contributed by atoms with Crippen molar-refractivity contribution in [3.63, 3.8) is 0 Å². The number of amides is 1. The third-order valence-electron chi connectivity index (χ3n) is 4.85. The van der Waals surface area contributed by atoms with Gasteiger partial charge in [-0.1, -0.05) is 72.8 Å². The molecule has 0 saturated carbocycles. The Morgan fingerprint density at radius 3 is 2.06 bits per heavy atom. The molecule has 3 aromatic carbocycles.